The van der Waals surface area contributed by atoms with Gasteiger partial charge >= 0.3 is 0 Å². The van der Waals surface area contributed by atoms with Gasteiger partial charge < -0.3 is 15.2 Å². The Kier molecular flexibility index (Phi) is 9.31. The van der Waals surface area contributed by atoms with Gasteiger partial charge in [0, 0.05) is 36.5 Å². The molecule has 9 nitrogen and oxygen atoms in total. The lowest BCUT2D eigenvalue weighted by Gasteiger charge is -2.36. The minimum atomic E-state index is -0.505. The Bertz CT molecular complexity index is 1450. The van der Waals surface area contributed by atoms with Crippen molar-refractivity contribution in [1.82, 2.24) is 20.1 Å². The quantitative estimate of drug-likeness (QED) is 0.315. The maximum atomic E-state index is 14.2. The van der Waals surface area contributed by atoms with E-state index < -0.39 is 6.61 Å². The molecule has 3 aromatic rings. The Morgan fingerprint density at radius 1 is 1.00 bits per heavy atom. The van der Waals surface area contributed by atoms with Crippen molar-refractivity contribution in [1.29, 1.82) is 0 Å². The van der Waals surface area contributed by atoms with Crippen molar-refractivity contribution < 1.29 is 19.4 Å². The summed E-state index contributed by atoms with van der Waals surface area (Å²) in [6.07, 6.45) is 15.4. The summed E-state index contributed by atoms with van der Waals surface area (Å²) < 4.78 is 7.52. The Labute approximate surface area is 260 Å². The minimum Gasteiger partial charge on any atom is -0.496 e. The molecule has 0 aliphatic heterocycles. The van der Waals surface area contributed by atoms with Crippen LogP contribution in [0.1, 0.15) is 87.3 Å². The van der Waals surface area contributed by atoms with Crippen LogP contribution in [0.3, 0.4) is 0 Å². The van der Waals surface area contributed by atoms with Gasteiger partial charge in [-0.3, -0.25) is 19.2 Å². The van der Waals surface area contributed by atoms with Crippen LogP contribution in [-0.4, -0.2) is 58.0 Å². The van der Waals surface area contributed by atoms with Gasteiger partial charge in [-0.05, 0) is 118 Å². The van der Waals surface area contributed by atoms with E-state index in [0.29, 0.717) is 43.1 Å². The topological polar surface area (TPSA) is 110 Å². The molecule has 3 aliphatic rings. The van der Waals surface area contributed by atoms with Crippen LogP contribution in [0.25, 0.3) is 11.1 Å². The molecule has 0 radical (unpaired) electrons. The lowest BCUT2D eigenvalue weighted by atomic mass is 9.78. The van der Waals surface area contributed by atoms with Crippen LogP contribution in [0, 0.1) is 18.8 Å². The smallest absolute Gasteiger partial charge is 0.245 e. The molecule has 2 heterocycles. The fraction of sp³-hybridized carbons (Fsp3) is 0.543. The first kappa shape index (κ1) is 30.3. The predicted octanol–water partition coefficient (Wildman–Crippen LogP) is 5.57. The molecule has 6 rings (SSSR count). The second kappa shape index (κ2) is 13.5. The Hall–Kier alpha value is -3.72. The summed E-state index contributed by atoms with van der Waals surface area (Å²) in [6, 6.07) is 11.1. The average molecular weight is 600 g/mol. The Morgan fingerprint density at radius 3 is 2.45 bits per heavy atom. The zero-order chi connectivity index (χ0) is 30.6. The number of aliphatic hydroxyl groups is 1. The number of hydrogen-bond acceptors (Lipinski definition) is 6. The van der Waals surface area contributed by atoms with Crippen molar-refractivity contribution >= 4 is 17.6 Å². The first-order valence-electron chi connectivity index (χ1n) is 16.3. The highest BCUT2D eigenvalue weighted by molar-refractivity contribution is 5.94. The molecule has 44 heavy (non-hydrogen) atoms. The number of carbonyl (C=O) groups excluding carboxylic acids is 2. The van der Waals surface area contributed by atoms with Crippen molar-refractivity contribution in [2.45, 2.75) is 89.1 Å². The zero-order valence-electron chi connectivity index (χ0n) is 26.0. The van der Waals surface area contributed by atoms with Gasteiger partial charge in [-0.1, -0.05) is 12.1 Å². The van der Waals surface area contributed by atoms with E-state index in [9.17, 15) is 9.59 Å². The molecule has 234 valence electrons. The van der Waals surface area contributed by atoms with Gasteiger partial charge in [-0.2, -0.15) is 5.10 Å². The summed E-state index contributed by atoms with van der Waals surface area (Å²) in [6.45, 7) is 2.25. The second-order valence-corrected chi connectivity index (χ2v) is 13.0. The molecule has 0 spiro atoms. The molecule has 0 unspecified atom stereocenters. The number of nitrogens with one attached hydrogen (secondary N) is 1. The van der Waals surface area contributed by atoms with Crippen LogP contribution in [-0.2, 0) is 9.59 Å². The summed E-state index contributed by atoms with van der Waals surface area (Å²) >= 11 is 0. The van der Waals surface area contributed by atoms with Gasteiger partial charge in [0.1, 0.15) is 18.2 Å². The number of methoxy groups -OCH3 is 1. The largest absolute Gasteiger partial charge is 0.496 e. The number of pyridine rings is 1. The van der Waals surface area contributed by atoms with Gasteiger partial charge in [-0.25, -0.2) is 4.98 Å². The standard InChI is InChI=1S/C35H45N5O4/c1-23-17-27(9-14-32(23)44-2)25-5-3-24(4-6-25)20-39(35(43)26-7-10-30(11-8-26)38-34(42)22-41)33-18-28(15-16-36-33)29-19-37-40(21-29)31-12-13-31/h9,14-19,21,24-26,30-31,41H,3-8,10-13,20,22H2,1-2H3,(H,38,42). The fourth-order valence-corrected chi connectivity index (χ4v) is 7.14. The molecule has 0 saturated heterocycles. The molecule has 9 heteroatoms. The van der Waals surface area contributed by atoms with Crippen molar-refractivity contribution in [2.24, 2.45) is 11.8 Å². The average Bonchev–Trinajstić information content (AvgIpc) is 3.79. The lowest BCUT2D eigenvalue weighted by Crippen LogP contribution is -2.44. The maximum Gasteiger partial charge on any atom is 0.245 e. The minimum absolute atomic E-state index is 0.00785. The van der Waals surface area contributed by atoms with E-state index in [-0.39, 0.29) is 23.8 Å². The van der Waals surface area contributed by atoms with E-state index in [0.717, 1.165) is 55.4 Å². The summed E-state index contributed by atoms with van der Waals surface area (Å²) in [5.74, 6) is 2.22. The normalized spacial score (nSPS) is 23.6. The number of benzene rings is 1. The molecule has 3 saturated carbocycles. The number of nitrogens with zero attached hydrogens (tertiary/aromatic N) is 4. The van der Waals surface area contributed by atoms with E-state index in [1.165, 1.54) is 24.0 Å². The lowest BCUT2D eigenvalue weighted by molar-refractivity contribution is -0.125. The molecule has 3 aliphatic carbocycles. The van der Waals surface area contributed by atoms with E-state index in [1.54, 1.807) is 7.11 Å². The Morgan fingerprint density at radius 2 is 1.77 bits per heavy atom. The maximum absolute atomic E-state index is 14.2. The zero-order valence-corrected chi connectivity index (χ0v) is 26.0. The second-order valence-electron chi connectivity index (χ2n) is 13.0. The number of aliphatic hydroxyl groups excluding tert-OH is 1. The molecule has 3 fully saturated rings. The molecule has 0 atom stereocenters. The molecule has 2 aromatic heterocycles. The highest BCUT2D eigenvalue weighted by Gasteiger charge is 2.34. The highest BCUT2D eigenvalue weighted by atomic mass is 16.5. The first-order valence-corrected chi connectivity index (χ1v) is 16.3. The number of hydrogen-bond donors (Lipinski definition) is 2. The summed E-state index contributed by atoms with van der Waals surface area (Å²) in [7, 11) is 1.71. The fourth-order valence-electron chi connectivity index (χ4n) is 7.14. The molecule has 2 N–H and O–H groups in total. The van der Waals surface area contributed by atoms with Crippen LogP contribution < -0.4 is 15.0 Å². The number of rotatable bonds is 10. The molecule has 1 aromatic carbocycles. The van der Waals surface area contributed by atoms with Crippen LogP contribution in [0.4, 0.5) is 5.82 Å². The number of aromatic nitrogens is 3. The molecular weight excluding hydrogens is 554 g/mol. The van der Waals surface area contributed by atoms with E-state index in [4.69, 9.17) is 14.8 Å². The summed E-state index contributed by atoms with van der Waals surface area (Å²) in [5, 5.41) is 16.6. The number of ether oxygens (including phenoxy) is 1. The summed E-state index contributed by atoms with van der Waals surface area (Å²) in [4.78, 5) is 32.6. The highest BCUT2D eigenvalue weighted by Crippen LogP contribution is 2.39. The van der Waals surface area contributed by atoms with Gasteiger partial charge in [0.05, 0.1) is 19.3 Å². The van der Waals surface area contributed by atoms with Crippen molar-refractivity contribution in [3.8, 4) is 16.9 Å². The third-order valence-electron chi connectivity index (χ3n) is 9.91. The predicted molar refractivity (Wildman–Crippen MR) is 169 cm³/mol. The SMILES string of the molecule is COc1ccc(C2CCC(CN(C(=O)C3CCC(NC(=O)CO)CC3)c3cc(-c4cnn(C5CC5)c4)ccn3)CC2)cc1C. The molecular formula is C35H45N5O4. The third kappa shape index (κ3) is 6.98. The number of anilines is 1. The van der Waals surface area contributed by atoms with Gasteiger partial charge in [0.2, 0.25) is 11.8 Å². The van der Waals surface area contributed by atoms with Crippen molar-refractivity contribution in [2.75, 3.05) is 25.2 Å². The number of aryl methyl sites for hydroxylation is 1. The van der Waals surface area contributed by atoms with E-state index in [2.05, 4.69) is 46.4 Å². The van der Waals surface area contributed by atoms with Crippen LogP contribution in [0.5, 0.6) is 5.75 Å². The van der Waals surface area contributed by atoms with Gasteiger partial charge in [-0.15, -0.1) is 0 Å². The van der Waals surface area contributed by atoms with Crippen LogP contribution in [0.2, 0.25) is 0 Å². The summed E-state index contributed by atoms with van der Waals surface area (Å²) in [5.41, 5.74) is 4.61. The Balaban J connectivity index is 1.17. The van der Waals surface area contributed by atoms with E-state index >= 15 is 0 Å². The van der Waals surface area contributed by atoms with E-state index in [1.807, 2.05) is 29.4 Å². The third-order valence-corrected chi connectivity index (χ3v) is 9.91. The first-order chi connectivity index (χ1) is 21.4. The van der Waals surface area contributed by atoms with Crippen LogP contribution in [0.15, 0.2) is 48.9 Å². The van der Waals surface area contributed by atoms with Crippen molar-refractivity contribution in [3.05, 3.63) is 60.0 Å². The number of carbonyl (C=O) groups is 2. The number of amides is 2. The van der Waals surface area contributed by atoms with Gasteiger partial charge in [0.25, 0.3) is 0 Å². The molecule has 0 bridgehead atoms. The van der Waals surface area contributed by atoms with Gasteiger partial charge in [0.15, 0.2) is 0 Å². The molecule has 2 amide bonds. The van der Waals surface area contributed by atoms with Crippen LogP contribution >= 0.6 is 0 Å². The monoisotopic (exact) mass is 599 g/mol. The van der Waals surface area contributed by atoms with Crippen molar-refractivity contribution in [3.63, 3.8) is 0 Å².